The molecule has 0 atom stereocenters. The summed E-state index contributed by atoms with van der Waals surface area (Å²) in [7, 11) is 0. The van der Waals surface area contributed by atoms with Gasteiger partial charge in [-0.15, -0.1) is 0 Å². The molecule has 5 nitrogen and oxygen atoms in total. The summed E-state index contributed by atoms with van der Waals surface area (Å²) in [6.07, 6.45) is 0. The van der Waals surface area contributed by atoms with E-state index in [4.69, 9.17) is 23.8 Å². The Morgan fingerprint density at radius 2 is 0.929 bits per heavy atom. The van der Waals surface area contributed by atoms with Gasteiger partial charge in [0.25, 0.3) is 0 Å². The van der Waals surface area contributed by atoms with Crippen LogP contribution in [-0.4, -0.2) is 15.0 Å². The minimum absolute atomic E-state index is 0.0193. The van der Waals surface area contributed by atoms with Gasteiger partial charge in [0.2, 0.25) is 0 Å². The lowest BCUT2D eigenvalue weighted by Gasteiger charge is -2.25. The van der Waals surface area contributed by atoms with Crippen molar-refractivity contribution >= 4 is 43.9 Å². The zero-order valence-electron chi connectivity index (χ0n) is 33.7. The fraction of sp³-hybridized carbons (Fsp3) is 0.235. The Kier molecular flexibility index (Phi) is 8.10. The van der Waals surface area contributed by atoms with Crippen molar-refractivity contribution in [3.05, 3.63) is 138 Å². The van der Waals surface area contributed by atoms with Gasteiger partial charge in [-0.1, -0.05) is 147 Å². The number of para-hydroxylation sites is 2. The van der Waals surface area contributed by atoms with E-state index >= 15 is 0 Å². The zero-order chi connectivity index (χ0) is 39.1. The van der Waals surface area contributed by atoms with E-state index in [1.165, 1.54) is 16.7 Å². The number of fused-ring (bicyclic) bond motifs is 6. The SMILES string of the molecule is CC(C)(C)c1cc(-c2cccc(-c3nc(-c4ccccc4)nc(-c4cccc5c4oc4ccccc45)n3)c2)c2oc3c(C(C)(C)C)cc(C(C)(C)C)cc3c2c1. The molecule has 278 valence electrons. The predicted octanol–water partition coefficient (Wildman–Crippen LogP) is 14.2. The first-order chi connectivity index (χ1) is 26.6. The normalized spacial score (nSPS) is 12.7. The van der Waals surface area contributed by atoms with Crippen LogP contribution in [0, 0.1) is 0 Å². The van der Waals surface area contributed by atoms with E-state index in [2.05, 4.69) is 123 Å². The summed E-state index contributed by atoms with van der Waals surface area (Å²) in [5.41, 5.74) is 11.7. The molecular weight excluding hydrogens is 687 g/mol. The van der Waals surface area contributed by atoms with Gasteiger partial charge in [0, 0.05) is 43.8 Å². The molecule has 0 unspecified atom stereocenters. The van der Waals surface area contributed by atoms with Crippen LogP contribution in [0.15, 0.2) is 130 Å². The number of furan rings is 2. The molecule has 0 N–H and O–H groups in total. The lowest BCUT2D eigenvalue weighted by molar-refractivity contribution is 0.559. The monoisotopic (exact) mass is 733 g/mol. The number of hydrogen-bond acceptors (Lipinski definition) is 5. The third kappa shape index (κ3) is 6.16. The van der Waals surface area contributed by atoms with Gasteiger partial charge in [0.1, 0.15) is 22.3 Å². The van der Waals surface area contributed by atoms with Crippen molar-refractivity contribution in [3.63, 3.8) is 0 Å². The van der Waals surface area contributed by atoms with Gasteiger partial charge in [-0.05, 0) is 69.3 Å². The topological polar surface area (TPSA) is 65.0 Å². The fourth-order valence-corrected chi connectivity index (χ4v) is 7.71. The molecular formula is C51H47N3O2. The zero-order valence-corrected chi connectivity index (χ0v) is 33.7. The summed E-state index contributed by atoms with van der Waals surface area (Å²) in [6.45, 7) is 20.5. The second kappa shape index (κ2) is 12.7. The smallest absolute Gasteiger partial charge is 0.167 e. The molecule has 0 radical (unpaired) electrons. The molecule has 5 heteroatoms. The van der Waals surface area contributed by atoms with E-state index < -0.39 is 0 Å². The van der Waals surface area contributed by atoms with Crippen molar-refractivity contribution in [2.45, 2.75) is 78.6 Å². The summed E-state index contributed by atoms with van der Waals surface area (Å²) in [5, 5.41) is 4.39. The summed E-state index contributed by atoms with van der Waals surface area (Å²) >= 11 is 0. The van der Waals surface area contributed by atoms with Gasteiger partial charge in [-0.25, -0.2) is 15.0 Å². The molecule has 9 aromatic rings. The summed E-state index contributed by atoms with van der Waals surface area (Å²) in [4.78, 5) is 15.3. The molecule has 9 rings (SSSR count). The maximum absolute atomic E-state index is 7.04. The van der Waals surface area contributed by atoms with E-state index in [0.29, 0.717) is 17.5 Å². The van der Waals surface area contributed by atoms with Gasteiger partial charge in [-0.3, -0.25) is 0 Å². The third-order valence-corrected chi connectivity index (χ3v) is 11.0. The number of benzene rings is 6. The Hall–Kier alpha value is -6.07. The van der Waals surface area contributed by atoms with E-state index in [9.17, 15) is 0 Å². The van der Waals surface area contributed by atoms with Crippen LogP contribution in [0.2, 0.25) is 0 Å². The van der Waals surface area contributed by atoms with Crippen LogP contribution in [0.5, 0.6) is 0 Å². The Bertz CT molecular complexity index is 2960. The summed E-state index contributed by atoms with van der Waals surface area (Å²) in [6, 6.07) is 42.3. The summed E-state index contributed by atoms with van der Waals surface area (Å²) in [5.74, 6) is 1.74. The molecule has 0 aliphatic rings. The third-order valence-electron chi connectivity index (χ3n) is 11.0. The van der Waals surface area contributed by atoms with E-state index in [1.54, 1.807) is 0 Å². The molecule has 56 heavy (non-hydrogen) atoms. The highest BCUT2D eigenvalue weighted by Gasteiger charge is 2.28. The van der Waals surface area contributed by atoms with Gasteiger partial charge in [-0.2, -0.15) is 0 Å². The number of aromatic nitrogens is 3. The summed E-state index contributed by atoms with van der Waals surface area (Å²) < 4.78 is 13.5. The molecule has 0 spiro atoms. The maximum atomic E-state index is 7.04. The highest BCUT2D eigenvalue weighted by atomic mass is 16.3. The highest BCUT2D eigenvalue weighted by Crippen LogP contribution is 2.45. The second-order valence-corrected chi connectivity index (χ2v) is 18.2. The van der Waals surface area contributed by atoms with Crippen molar-refractivity contribution in [1.82, 2.24) is 15.0 Å². The van der Waals surface area contributed by atoms with Crippen LogP contribution < -0.4 is 0 Å². The Balaban J connectivity index is 1.28. The van der Waals surface area contributed by atoms with Crippen LogP contribution in [0.1, 0.15) is 79.0 Å². The van der Waals surface area contributed by atoms with Gasteiger partial charge < -0.3 is 8.83 Å². The maximum Gasteiger partial charge on any atom is 0.167 e. The van der Waals surface area contributed by atoms with Crippen molar-refractivity contribution in [2.24, 2.45) is 0 Å². The lowest BCUT2D eigenvalue weighted by atomic mass is 9.79. The molecule has 0 fully saturated rings. The van der Waals surface area contributed by atoms with E-state index in [0.717, 1.165) is 71.7 Å². The Labute approximate surface area is 328 Å². The van der Waals surface area contributed by atoms with Gasteiger partial charge >= 0.3 is 0 Å². The molecule has 0 aliphatic carbocycles. The molecule has 0 aliphatic heterocycles. The van der Waals surface area contributed by atoms with Crippen molar-refractivity contribution in [2.75, 3.05) is 0 Å². The van der Waals surface area contributed by atoms with Crippen LogP contribution >= 0.6 is 0 Å². The van der Waals surface area contributed by atoms with Crippen LogP contribution in [-0.2, 0) is 16.2 Å². The molecule has 0 saturated carbocycles. The first-order valence-electron chi connectivity index (χ1n) is 19.5. The average Bonchev–Trinajstić information content (AvgIpc) is 3.75. The number of hydrogen-bond donors (Lipinski definition) is 0. The van der Waals surface area contributed by atoms with Crippen LogP contribution in [0.4, 0.5) is 0 Å². The van der Waals surface area contributed by atoms with E-state index in [-0.39, 0.29) is 16.2 Å². The van der Waals surface area contributed by atoms with Crippen LogP contribution in [0.25, 0.3) is 89.2 Å². The Morgan fingerprint density at radius 1 is 0.375 bits per heavy atom. The molecule has 6 aromatic carbocycles. The molecule has 3 aromatic heterocycles. The molecule has 3 heterocycles. The second-order valence-electron chi connectivity index (χ2n) is 18.2. The van der Waals surface area contributed by atoms with Crippen LogP contribution in [0.3, 0.4) is 0 Å². The molecule has 0 bridgehead atoms. The fourth-order valence-electron chi connectivity index (χ4n) is 7.71. The number of nitrogens with zero attached hydrogens (tertiary/aromatic N) is 3. The number of rotatable bonds is 4. The standard InChI is InChI=1S/C51H47N3O2/c1-49(2,3)33-26-38(44-39(27-33)40-28-34(50(4,5)6)29-41(45(40)56-44)51(7,8)9)31-19-15-20-32(25-31)47-52-46(30-17-11-10-12-18-30)53-48(54-47)37-23-16-22-36-35-21-13-14-24-42(35)55-43(36)37/h10-29H,1-9H3. The minimum Gasteiger partial charge on any atom is -0.455 e. The Morgan fingerprint density at radius 3 is 1.64 bits per heavy atom. The lowest BCUT2D eigenvalue weighted by Crippen LogP contribution is -2.16. The quantitative estimate of drug-likeness (QED) is 0.180. The predicted molar refractivity (Wildman–Crippen MR) is 232 cm³/mol. The van der Waals surface area contributed by atoms with E-state index in [1.807, 2.05) is 60.7 Å². The average molecular weight is 734 g/mol. The van der Waals surface area contributed by atoms with Gasteiger partial charge in [0.05, 0.1) is 5.56 Å². The van der Waals surface area contributed by atoms with Gasteiger partial charge in [0.15, 0.2) is 17.5 Å². The van der Waals surface area contributed by atoms with Crippen molar-refractivity contribution in [1.29, 1.82) is 0 Å². The molecule has 0 saturated heterocycles. The first kappa shape index (κ1) is 35.6. The van der Waals surface area contributed by atoms with Crippen molar-refractivity contribution in [3.8, 4) is 45.3 Å². The largest absolute Gasteiger partial charge is 0.455 e. The minimum atomic E-state index is -0.111. The highest BCUT2D eigenvalue weighted by molar-refractivity contribution is 6.12. The molecule has 0 amide bonds. The first-order valence-corrected chi connectivity index (χ1v) is 19.5. The van der Waals surface area contributed by atoms with Crippen molar-refractivity contribution < 1.29 is 8.83 Å².